The molecule has 0 fully saturated rings. The summed E-state index contributed by atoms with van der Waals surface area (Å²) in [5.41, 5.74) is 4.09. The fourth-order valence-electron chi connectivity index (χ4n) is 3.01. The van der Waals surface area contributed by atoms with E-state index in [1.54, 1.807) is 14.2 Å². The summed E-state index contributed by atoms with van der Waals surface area (Å²) >= 11 is 1.36. The second-order valence-corrected chi connectivity index (χ2v) is 7.19. The molecule has 0 bridgehead atoms. The Kier molecular flexibility index (Phi) is 4.75. The third-order valence-corrected chi connectivity index (χ3v) is 5.19. The van der Waals surface area contributed by atoms with Gasteiger partial charge in [0.2, 0.25) is 0 Å². The number of amides is 1. The van der Waals surface area contributed by atoms with Crippen LogP contribution in [0.1, 0.15) is 16.1 Å². The fourth-order valence-corrected chi connectivity index (χ4v) is 3.71. The first-order valence-electron chi connectivity index (χ1n) is 8.66. The first-order chi connectivity index (χ1) is 13.6. The Morgan fingerprint density at radius 1 is 1.11 bits per heavy atom. The third kappa shape index (κ3) is 3.44. The maximum atomic E-state index is 12.6. The van der Waals surface area contributed by atoms with Gasteiger partial charge in [0, 0.05) is 21.8 Å². The second kappa shape index (κ2) is 7.36. The highest BCUT2D eigenvalue weighted by Crippen LogP contribution is 2.35. The van der Waals surface area contributed by atoms with Gasteiger partial charge < -0.3 is 14.5 Å². The van der Waals surface area contributed by atoms with Gasteiger partial charge in [0.15, 0.2) is 5.13 Å². The number of H-pyrrole nitrogens is 1. The maximum absolute atomic E-state index is 12.6. The Balaban J connectivity index is 1.58. The summed E-state index contributed by atoms with van der Waals surface area (Å²) in [6, 6.07) is 13.4. The Hall–Kier alpha value is -3.32. The SMILES string of the molecule is COc1ccc(OC)c(-c2csc(NC(=O)c3cc4cc(C)ccc4[nH]3)n2)c1. The minimum atomic E-state index is -0.229. The third-order valence-electron chi connectivity index (χ3n) is 4.43. The Morgan fingerprint density at radius 3 is 2.75 bits per heavy atom. The van der Waals surface area contributed by atoms with Crippen molar-refractivity contribution in [2.24, 2.45) is 0 Å². The van der Waals surface area contributed by atoms with Crippen molar-refractivity contribution >= 4 is 33.3 Å². The lowest BCUT2D eigenvalue weighted by Crippen LogP contribution is -2.11. The number of carbonyl (C=O) groups excluding carboxylic acids is 1. The van der Waals surface area contributed by atoms with Crippen molar-refractivity contribution in [2.75, 3.05) is 19.5 Å². The monoisotopic (exact) mass is 393 g/mol. The number of hydrogen-bond donors (Lipinski definition) is 2. The van der Waals surface area contributed by atoms with Crippen LogP contribution in [-0.2, 0) is 0 Å². The molecule has 0 aliphatic heterocycles. The van der Waals surface area contributed by atoms with Crippen LogP contribution in [0.5, 0.6) is 11.5 Å². The number of rotatable bonds is 5. The van der Waals surface area contributed by atoms with Crippen molar-refractivity contribution in [3.63, 3.8) is 0 Å². The molecule has 2 heterocycles. The van der Waals surface area contributed by atoms with Gasteiger partial charge in [-0.05, 0) is 43.3 Å². The predicted octanol–water partition coefficient (Wildman–Crippen LogP) is 4.87. The summed E-state index contributed by atoms with van der Waals surface area (Å²) < 4.78 is 10.7. The number of ether oxygens (including phenoxy) is 2. The lowest BCUT2D eigenvalue weighted by Gasteiger charge is -2.08. The molecule has 28 heavy (non-hydrogen) atoms. The fraction of sp³-hybridized carbons (Fsp3) is 0.143. The molecule has 0 radical (unpaired) electrons. The lowest BCUT2D eigenvalue weighted by atomic mass is 10.1. The summed E-state index contributed by atoms with van der Waals surface area (Å²) in [6.45, 7) is 2.02. The number of carbonyl (C=O) groups is 1. The van der Waals surface area contributed by atoms with E-state index < -0.39 is 0 Å². The molecule has 142 valence electrons. The van der Waals surface area contributed by atoms with Gasteiger partial charge in [0.25, 0.3) is 5.91 Å². The van der Waals surface area contributed by atoms with E-state index in [-0.39, 0.29) is 5.91 Å². The van der Waals surface area contributed by atoms with Crippen LogP contribution < -0.4 is 14.8 Å². The minimum Gasteiger partial charge on any atom is -0.497 e. The number of thiazole rings is 1. The molecule has 0 unspecified atom stereocenters. The normalized spacial score (nSPS) is 10.8. The number of anilines is 1. The molecule has 4 rings (SSSR count). The van der Waals surface area contributed by atoms with Gasteiger partial charge in [0.05, 0.1) is 19.9 Å². The molecule has 0 saturated carbocycles. The van der Waals surface area contributed by atoms with E-state index in [4.69, 9.17) is 9.47 Å². The van der Waals surface area contributed by atoms with Gasteiger partial charge in [-0.3, -0.25) is 10.1 Å². The Morgan fingerprint density at radius 2 is 1.96 bits per heavy atom. The minimum absolute atomic E-state index is 0.229. The Bertz CT molecular complexity index is 1160. The predicted molar refractivity (Wildman–Crippen MR) is 112 cm³/mol. The van der Waals surface area contributed by atoms with Crippen molar-refractivity contribution in [2.45, 2.75) is 6.92 Å². The van der Waals surface area contributed by atoms with Crippen LogP contribution in [0.4, 0.5) is 5.13 Å². The number of nitrogens with one attached hydrogen (secondary N) is 2. The van der Waals surface area contributed by atoms with Crippen LogP contribution in [0.25, 0.3) is 22.2 Å². The molecule has 0 atom stereocenters. The quantitative estimate of drug-likeness (QED) is 0.507. The van der Waals surface area contributed by atoms with E-state index in [0.29, 0.717) is 28.0 Å². The second-order valence-electron chi connectivity index (χ2n) is 6.33. The molecular weight excluding hydrogens is 374 g/mol. The van der Waals surface area contributed by atoms with E-state index in [0.717, 1.165) is 22.0 Å². The van der Waals surface area contributed by atoms with E-state index in [1.807, 2.05) is 54.8 Å². The summed E-state index contributed by atoms with van der Waals surface area (Å²) in [4.78, 5) is 20.3. The molecular formula is C21H19N3O3S. The van der Waals surface area contributed by atoms with Gasteiger partial charge in [-0.2, -0.15) is 0 Å². The van der Waals surface area contributed by atoms with E-state index >= 15 is 0 Å². The number of aromatic amines is 1. The van der Waals surface area contributed by atoms with Gasteiger partial charge in [-0.25, -0.2) is 4.98 Å². The van der Waals surface area contributed by atoms with Crippen molar-refractivity contribution in [1.82, 2.24) is 9.97 Å². The maximum Gasteiger partial charge on any atom is 0.273 e. The van der Waals surface area contributed by atoms with Crippen LogP contribution in [-0.4, -0.2) is 30.1 Å². The van der Waals surface area contributed by atoms with Crippen LogP contribution >= 0.6 is 11.3 Å². The molecule has 0 saturated heterocycles. The molecule has 1 amide bonds. The topological polar surface area (TPSA) is 76.2 Å². The summed E-state index contributed by atoms with van der Waals surface area (Å²) in [6.07, 6.45) is 0. The molecule has 4 aromatic rings. The average Bonchev–Trinajstić information content (AvgIpc) is 3.34. The van der Waals surface area contributed by atoms with Crippen LogP contribution in [0.2, 0.25) is 0 Å². The number of methoxy groups -OCH3 is 2. The molecule has 2 aromatic carbocycles. The highest BCUT2D eigenvalue weighted by Gasteiger charge is 2.15. The number of benzene rings is 2. The molecule has 7 heteroatoms. The highest BCUT2D eigenvalue weighted by molar-refractivity contribution is 7.14. The molecule has 6 nitrogen and oxygen atoms in total. The summed E-state index contributed by atoms with van der Waals surface area (Å²) in [5, 5.41) is 6.25. The number of nitrogens with zero attached hydrogens (tertiary/aromatic N) is 1. The Labute approximate surface area is 166 Å². The number of aromatic nitrogens is 2. The van der Waals surface area contributed by atoms with Crippen LogP contribution in [0.15, 0.2) is 47.8 Å². The first kappa shape index (κ1) is 18.1. The zero-order valence-electron chi connectivity index (χ0n) is 15.7. The van der Waals surface area contributed by atoms with Crippen molar-refractivity contribution < 1.29 is 14.3 Å². The van der Waals surface area contributed by atoms with Crippen molar-refractivity contribution in [1.29, 1.82) is 0 Å². The highest BCUT2D eigenvalue weighted by atomic mass is 32.1. The zero-order valence-corrected chi connectivity index (χ0v) is 16.5. The average molecular weight is 393 g/mol. The van der Waals surface area contributed by atoms with E-state index in [9.17, 15) is 4.79 Å². The van der Waals surface area contributed by atoms with Crippen molar-refractivity contribution in [3.8, 4) is 22.8 Å². The molecule has 2 aromatic heterocycles. The molecule has 2 N–H and O–H groups in total. The van der Waals surface area contributed by atoms with Crippen LogP contribution in [0.3, 0.4) is 0 Å². The number of aryl methyl sites for hydroxylation is 1. The number of hydrogen-bond acceptors (Lipinski definition) is 5. The van der Waals surface area contributed by atoms with Gasteiger partial charge in [-0.15, -0.1) is 11.3 Å². The summed E-state index contributed by atoms with van der Waals surface area (Å²) in [7, 11) is 3.22. The van der Waals surface area contributed by atoms with Gasteiger partial charge in [0.1, 0.15) is 17.2 Å². The van der Waals surface area contributed by atoms with Gasteiger partial charge >= 0.3 is 0 Å². The summed E-state index contributed by atoms with van der Waals surface area (Å²) in [5.74, 6) is 1.17. The van der Waals surface area contributed by atoms with Gasteiger partial charge in [-0.1, -0.05) is 11.6 Å². The molecule has 0 aliphatic rings. The van der Waals surface area contributed by atoms with E-state index in [1.165, 1.54) is 11.3 Å². The smallest absolute Gasteiger partial charge is 0.273 e. The van der Waals surface area contributed by atoms with Crippen LogP contribution in [0, 0.1) is 6.92 Å². The number of fused-ring (bicyclic) bond motifs is 1. The first-order valence-corrected chi connectivity index (χ1v) is 9.54. The largest absolute Gasteiger partial charge is 0.497 e. The van der Waals surface area contributed by atoms with E-state index in [2.05, 4.69) is 15.3 Å². The lowest BCUT2D eigenvalue weighted by molar-refractivity contribution is 0.102. The van der Waals surface area contributed by atoms with Crippen molar-refractivity contribution in [3.05, 3.63) is 59.1 Å². The molecule has 0 aliphatic carbocycles. The zero-order chi connectivity index (χ0) is 19.7. The molecule has 0 spiro atoms. The standard InChI is InChI=1S/C21H19N3O3S/c1-12-4-6-16-13(8-12)9-17(22-16)20(25)24-21-23-18(11-28-21)15-10-14(26-2)5-7-19(15)27-3/h4-11,22H,1-3H3,(H,23,24,25).